The standard InChI is InChI=1S/C13H18O/c1-8-5-11-6-9-3-2-4-10(9)7-12(11)13(8)14/h6-8,11-14H,2-5H2,1H3. The fourth-order valence-electron chi connectivity index (χ4n) is 3.42. The highest BCUT2D eigenvalue weighted by Crippen LogP contribution is 2.46. The summed E-state index contributed by atoms with van der Waals surface area (Å²) in [6.45, 7) is 2.18. The van der Waals surface area contributed by atoms with Crippen molar-refractivity contribution in [3.63, 3.8) is 0 Å². The Balaban J connectivity index is 1.94. The first-order valence-corrected chi connectivity index (χ1v) is 5.85. The third kappa shape index (κ3) is 1.12. The molecule has 0 aromatic heterocycles. The highest BCUT2D eigenvalue weighted by molar-refractivity contribution is 5.40. The van der Waals surface area contributed by atoms with E-state index in [-0.39, 0.29) is 6.10 Å². The summed E-state index contributed by atoms with van der Waals surface area (Å²) in [5.74, 6) is 1.55. The van der Waals surface area contributed by atoms with Crippen molar-refractivity contribution >= 4 is 0 Å². The van der Waals surface area contributed by atoms with E-state index in [0.717, 1.165) is 0 Å². The van der Waals surface area contributed by atoms with Gasteiger partial charge in [0.1, 0.15) is 0 Å². The van der Waals surface area contributed by atoms with Crippen LogP contribution >= 0.6 is 0 Å². The Bertz CT molecular complexity index is 313. The minimum Gasteiger partial charge on any atom is -0.392 e. The van der Waals surface area contributed by atoms with E-state index in [1.54, 1.807) is 11.1 Å². The van der Waals surface area contributed by atoms with E-state index in [0.29, 0.717) is 17.8 Å². The number of aliphatic hydroxyl groups excluding tert-OH is 1. The van der Waals surface area contributed by atoms with E-state index >= 15 is 0 Å². The summed E-state index contributed by atoms with van der Waals surface area (Å²) in [5.41, 5.74) is 3.13. The molecule has 0 saturated heterocycles. The summed E-state index contributed by atoms with van der Waals surface area (Å²) in [6.07, 6.45) is 9.77. The second kappa shape index (κ2) is 2.96. The van der Waals surface area contributed by atoms with Crippen LogP contribution in [0.3, 0.4) is 0 Å². The molecule has 2 saturated carbocycles. The lowest BCUT2D eigenvalue weighted by molar-refractivity contribution is 0.111. The van der Waals surface area contributed by atoms with Crippen LogP contribution in [0, 0.1) is 17.8 Å². The molecule has 3 aliphatic rings. The number of aliphatic hydroxyl groups is 1. The lowest BCUT2D eigenvalue weighted by Crippen LogP contribution is -2.21. The zero-order valence-electron chi connectivity index (χ0n) is 8.74. The summed E-state index contributed by atoms with van der Waals surface area (Å²) in [6, 6.07) is 0. The summed E-state index contributed by atoms with van der Waals surface area (Å²) < 4.78 is 0. The van der Waals surface area contributed by atoms with Gasteiger partial charge in [0.2, 0.25) is 0 Å². The molecule has 0 aromatic rings. The Morgan fingerprint density at radius 1 is 1.21 bits per heavy atom. The molecule has 4 unspecified atom stereocenters. The molecule has 0 radical (unpaired) electrons. The Labute approximate surface area is 85.5 Å². The second-order valence-electron chi connectivity index (χ2n) is 5.18. The molecule has 14 heavy (non-hydrogen) atoms. The third-order valence-corrected chi connectivity index (χ3v) is 4.23. The van der Waals surface area contributed by atoms with Crippen LogP contribution in [0.4, 0.5) is 0 Å². The van der Waals surface area contributed by atoms with Crippen molar-refractivity contribution in [1.29, 1.82) is 0 Å². The molecule has 3 rings (SSSR count). The van der Waals surface area contributed by atoms with Crippen LogP contribution in [-0.4, -0.2) is 11.2 Å². The Morgan fingerprint density at radius 2 is 1.93 bits per heavy atom. The number of allylic oxidation sites excluding steroid dienone is 3. The van der Waals surface area contributed by atoms with Gasteiger partial charge in [-0.2, -0.15) is 0 Å². The highest BCUT2D eigenvalue weighted by Gasteiger charge is 2.40. The Kier molecular flexibility index (Phi) is 1.85. The van der Waals surface area contributed by atoms with Crippen molar-refractivity contribution in [2.45, 2.75) is 38.7 Å². The Morgan fingerprint density at radius 3 is 2.71 bits per heavy atom. The van der Waals surface area contributed by atoms with E-state index < -0.39 is 0 Å². The first kappa shape index (κ1) is 8.72. The average Bonchev–Trinajstić information content (AvgIpc) is 2.70. The topological polar surface area (TPSA) is 20.2 Å². The third-order valence-electron chi connectivity index (χ3n) is 4.23. The van der Waals surface area contributed by atoms with Crippen LogP contribution in [0.5, 0.6) is 0 Å². The Hall–Kier alpha value is -0.560. The fourth-order valence-corrected chi connectivity index (χ4v) is 3.42. The van der Waals surface area contributed by atoms with Crippen molar-refractivity contribution in [2.24, 2.45) is 17.8 Å². The van der Waals surface area contributed by atoms with Gasteiger partial charge in [-0.25, -0.2) is 0 Å². The highest BCUT2D eigenvalue weighted by atomic mass is 16.3. The zero-order valence-corrected chi connectivity index (χ0v) is 8.74. The smallest absolute Gasteiger partial charge is 0.0634 e. The van der Waals surface area contributed by atoms with Gasteiger partial charge in [-0.3, -0.25) is 0 Å². The monoisotopic (exact) mass is 190 g/mol. The molecule has 1 N–H and O–H groups in total. The minimum atomic E-state index is -0.0918. The molecule has 0 amide bonds. The normalized spacial score (nSPS) is 45.6. The van der Waals surface area contributed by atoms with Crippen LogP contribution in [0.15, 0.2) is 23.3 Å². The molecule has 0 aromatic carbocycles. The SMILES string of the molecule is CC1CC2C=C3CCCC3=CC2C1O. The molecule has 1 heteroatoms. The molecular weight excluding hydrogens is 172 g/mol. The predicted molar refractivity (Wildman–Crippen MR) is 56.8 cm³/mol. The molecule has 0 heterocycles. The van der Waals surface area contributed by atoms with Gasteiger partial charge in [-0.15, -0.1) is 0 Å². The molecule has 3 aliphatic carbocycles. The number of hydrogen-bond acceptors (Lipinski definition) is 1. The average molecular weight is 190 g/mol. The van der Waals surface area contributed by atoms with Gasteiger partial charge in [-0.1, -0.05) is 19.1 Å². The summed E-state index contributed by atoms with van der Waals surface area (Å²) in [5, 5.41) is 10.0. The van der Waals surface area contributed by atoms with E-state index in [2.05, 4.69) is 19.1 Å². The van der Waals surface area contributed by atoms with Crippen LogP contribution in [-0.2, 0) is 0 Å². The predicted octanol–water partition coefficient (Wildman–Crippen LogP) is 2.67. The van der Waals surface area contributed by atoms with Gasteiger partial charge in [0.15, 0.2) is 0 Å². The van der Waals surface area contributed by atoms with Crippen LogP contribution in [0.2, 0.25) is 0 Å². The van der Waals surface area contributed by atoms with Crippen molar-refractivity contribution in [3.05, 3.63) is 23.3 Å². The van der Waals surface area contributed by atoms with Crippen LogP contribution in [0.25, 0.3) is 0 Å². The van der Waals surface area contributed by atoms with Crippen molar-refractivity contribution in [2.75, 3.05) is 0 Å². The first-order chi connectivity index (χ1) is 6.75. The molecule has 0 aliphatic heterocycles. The van der Waals surface area contributed by atoms with Crippen molar-refractivity contribution in [3.8, 4) is 0 Å². The second-order valence-corrected chi connectivity index (χ2v) is 5.18. The molecular formula is C13H18O. The van der Waals surface area contributed by atoms with Gasteiger partial charge < -0.3 is 5.11 Å². The van der Waals surface area contributed by atoms with Gasteiger partial charge in [0, 0.05) is 5.92 Å². The molecule has 4 atom stereocenters. The fraction of sp³-hybridized carbons (Fsp3) is 0.692. The molecule has 1 nitrogen and oxygen atoms in total. The largest absolute Gasteiger partial charge is 0.392 e. The molecule has 2 fully saturated rings. The molecule has 0 spiro atoms. The summed E-state index contributed by atoms with van der Waals surface area (Å²) in [7, 11) is 0. The maximum absolute atomic E-state index is 10.0. The lowest BCUT2D eigenvalue weighted by atomic mass is 9.84. The van der Waals surface area contributed by atoms with Gasteiger partial charge >= 0.3 is 0 Å². The zero-order chi connectivity index (χ0) is 9.71. The number of hydrogen-bond donors (Lipinski definition) is 1. The maximum Gasteiger partial charge on any atom is 0.0634 e. The number of fused-ring (bicyclic) bond motifs is 2. The van der Waals surface area contributed by atoms with Crippen LogP contribution in [0.1, 0.15) is 32.6 Å². The molecule has 0 bridgehead atoms. The van der Waals surface area contributed by atoms with Gasteiger partial charge in [0.25, 0.3) is 0 Å². The van der Waals surface area contributed by atoms with E-state index in [9.17, 15) is 5.11 Å². The van der Waals surface area contributed by atoms with E-state index in [1.165, 1.54) is 25.7 Å². The number of rotatable bonds is 0. The van der Waals surface area contributed by atoms with Crippen molar-refractivity contribution in [1.82, 2.24) is 0 Å². The van der Waals surface area contributed by atoms with Gasteiger partial charge in [0.05, 0.1) is 6.10 Å². The van der Waals surface area contributed by atoms with Crippen LogP contribution < -0.4 is 0 Å². The first-order valence-electron chi connectivity index (χ1n) is 5.85. The lowest BCUT2D eigenvalue weighted by Gasteiger charge is -2.22. The summed E-state index contributed by atoms with van der Waals surface area (Å²) >= 11 is 0. The van der Waals surface area contributed by atoms with E-state index in [1.807, 2.05) is 0 Å². The summed E-state index contributed by atoms with van der Waals surface area (Å²) in [4.78, 5) is 0. The van der Waals surface area contributed by atoms with Crippen molar-refractivity contribution < 1.29 is 5.11 Å². The van der Waals surface area contributed by atoms with E-state index in [4.69, 9.17) is 0 Å². The minimum absolute atomic E-state index is 0.0918. The quantitative estimate of drug-likeness (QED) is 0.622. The molecule has 76 valence electrons. The van der Waals surface area contributed by atoms with Gasteiger partial charge in [-0.05, 0) is 48.7 Å². The maximum atomic E-state index is 10.0.